The van der Waals surface area contributed by atoms with Gasteiger partial charge in [-0.25, -0.2) is 0 Å². The maximum atomic E-state index is 12.5. The summed E-state index contributed by atoms with van der Waals surface area (Å²) in [5.74, 6) is -0.639. The minimum atomic E-state index is -4.56. The van der Waals surface area contributed by atoms with Crippen molar-refractivity contribution >= 4 is 23.1 Å². The highest BCUT2D eigenvalue weighted by atomic mass is 35.5. The summed E-state index contributed by atoms with van der Waals surface area (Å²) in [5, 5.41) is 9.69. The molecule has 0 amide bonds. The first-order valence-corrected chi connectivity index (χ1v) is 6.37. The van der Waals surface area contributed by atoms with Crippen LogP contribution in [0.1, 0.15) is 36.9 Å². The number of halogens is 4. The van der Waals surface area contributed by atoms with E-state index in [1.807, 2.05) is 0 Å². The largest absolute Gasteiger partial charge is 0.505 e. The molecule has 0 unspecified atom stereocenters. The van der Waals surface area contributed by atoms with E-state index in [2.05, 4.69) is 4.98 Å². The van der Waals surface area contributed by atoms with E-state index in [0.29, 0.717) is 25.1 Å². The number of alkyl halides is 3. The predicted molar refractivity (Wildman–Crippen MR) is 67.3 cm³/mol. The molecule has 0 aliphatic heterocycles. The lowest BCUT2D eigenvalue weighted by Crippen LogP contribution is -2.12. The van der Waals surface area contributed by atoms with Crippen LogP contribution >= 0.6 is 11.6 Å². The van der Waals surface area contributed by atoms with Crippen molar-refractivity contribution < 1.29 is 23.1 Å². The van der Waals surface area contributed by atoms with E-state index in [-0.39, 0.29) is 22.1 Å². The molecule has 1 heterocycles. The number of aromatic nitrogens is 1. The summed E-state index contributed by atoms with van der Waals surface area (Å²) >= 11 is 5.73. The first-order chi connectivity index (χ1) is 9.30. The maximum absolute atomic E-state index is 12.5. The fourth-order valence-corrected chi connectivity index (χ4v) is 2.29. The molecule has 7 heteroatoms. The van der Waals surface area contributed by atoms with Gasteiger partial charge in [-0.05, 0) is 25.3 Å². The van der Waals surface area contributed by atoms with Gasteiger partial charge in [0.05, 0.1) is 10.6 Å². The molecular formula is C13H11ClF3NO2. The van der Waals surface area contributed by atoms with E-state index in [0.717, 1.165) is 12.8 Å². The minimum absolute atomic E-state index is 0.186. The standard InChI is InChI=1S/C13H11ClF3NO2/c14-9-5-7(13(15,16)17)6-18-11(9)12(20)8-3-1-2-4-10(8)19/h5-6,20H,1-4H2. The second-order valence-corrected chi connectivity index (χ2v) is 4.92. The van der Waals surface area contributed by atoms with E-state index in [4.69, 9.17) is 11.6 Å². The van der Waals surface area contributed by atoms with Crippen molar-refractivity contribution in [2.45, 2.75) is 31.9 Å². The zero-order valence-electron chi connectivity index (χ0n) is 10.3. The SMILES string of the molecule is O=C1CCCCC1=C(O)c1ncc(C(F)(F)F)cc1Cl. The molecule has 108 valence electrons. The number of allylic oxidation sites excluding steroid dienone is 1. The summed E-state index contributed by atoms with van der Waals surface area (Å²) in [4.78, 5) is 15.2. The Hall–Kier alpha value is -1.56. The van der Waals surface area contributed by atoms with Gasteiger partial charge in [0, 0.05) is 18.2 Å². The number of rotatable bonds is 1. The molecule has 1 fully saturated rings. The second-order valence-electron chi connectivity index (χ2n) is 4.51. The third-order valence-corrected chi connectivity index (χ3v) is 3.38. The molecule has 20 heavy (non-hydrogen) atoms. The van der Waals surface area contributed by atoms with Gasteiger partial charge in [0.15, 0.2) is 5.78 Å². The normalized spacial score (nSPS) is 19.1. The van der Waals surface area contributed by atoms with Gasteiger partial charge >= 0.3 is 6.18 Å². The number of hydrogen-bond donors (Lipinski definition) is 1. The van der Waals surface area contributed by atoms with Crippen LogP contribution in [0.25, 0.3) is 5.76 Å². The van der Waals surface area contributed by atoms with Crippen molar-refractivity contribution in [1.29, 1.82) is 0 Å². The number of hydrogen-bond acceptors (Lipinski definition) is 3. The molecule has 1 aliphatic rings. The molecular weight excluding hydrogens is 295 g/mol. The van der Waals surface area contributed by atoms with Crippen LogP contribution in [-0.2, 0) is 11.0 Å². The number of Topliss-reactive ketones (excluding diaryl/α,β-unsaturated/α-hetero) is 1. The van der Waals surface area contributed by atoms with Gasteiger partial charge in [-0.3, -0.25) is 9.78 Å². The van der Waals surface area contributed by atoms with E-state index in [9.17, 15) is 23.1 Å². The lowest BCUT2D eigenvalue weighted by atomic mass is 9.92. The lowest BCUT2D eigenvalue weighted by Gasteiger charge is -2.15. The fraction of sp³-hybridized carbons (Fsp3) is 0.385. The average Bonchev–Trinajstić information content (AvgIpc) is 2.37. The Morgan fingerprint density at radius 1 is 1.30 bits per heavy atom. The van der Waals surface area contributed by atoms with Gasteiger partial charge in [0.1, 0.15) is 11.5 Å². The number of aliphatic hydroxyl groups excluding tert-OH is 1. The van der Waals surface area contributed by atoms with Crippen LogP contribution in [0.3, 0.4) is 0 Å². The zero-order chi connectivity index (χ0) is 14.9. The van der Waals surface area contributed by atoms with Gasteiger partial charge in [0.25, 0.3) is 0 Å². The average molecular weight is 306 g/mol. The topological polar surface area (TPSA) is 50.2 Å². The van der Waals surface area contributed by atoms with Crippen molar-refractivity contribution in [1.82, 2.24) is 4.98 Å². The summed E-state index contributed by atoms with van der Waals surface area (Å²) in [6.07, 6.45) is -1.79. The van der Waals surface area contributed by atoms with Gasteiger partial charge in [-0.1, -0.05) is 11.6 Å². The molecule has 0 bridgehead atoms. The first kappa shape index (κ1) is 14.8. The highest BCUT2D eigenvalue weighted by molar-refractivity contribution is 6.32. The minimum Gasteiger partial charge on any atom is -0.505 e. The third-order valence-electron chi connectivity index (χ3n) is 3.10. The summed E-state index contributed by atoms with van der Waals surface area (Å²) in [5.41, 5.74) is -1.01. The van der Waals surface area contributed by atoms with Crippen LogP contribution in [0.5, 0.6) is 0 Å². The molecule has 1 N–H and O–H groups in total. The highest BCUT2D eigenvalue weighted by Crippen LogP contribution is 2.34. The maximum Gasteiger partial charge on any atom is 0.417 e. The molecule has 1 aliphatic carbocycles. The van der Waals surface area contributed by atoms with E-state index < -0.39 is 17.5 Å². The Bertz CT molecular complexity index is 581. The Balaban J connectivity index is 2.43. The van der Waals surface area contributed by atoms with Gasteiger partial charge in [0.2, 0.25) is 0 Å². The van der Waals surface area contributed by atoms with Crippen molar-refractivity contribution in [3.8, 4) is 0 Å². The summed E-state index contributed by atoms with van der Waals surface area (Å²) < 4.78 is 37.5. The van der Waals surface area contributed by atoms with Crippen molar-refractivity contribution in [3.63, 3.8) is 0 Å². The van der Waals surface area contributed by atoms with Gasteiger partial charge in [-0.15, -0.1) is 0 Å². The predicted octanol–water partition coefficient (Wildman–Crippen LogP) is 4.17. The van der Waals surface area contributed by atoms with E-state index in [1.165, 1.54) is 0 Å². The van der Waals surface area contributed by atoms with Crippen molar-refractivity contribution in [2.24, 2.45) is 0 Å². The van der Waals surface area contributed by atoms with Crippen LogP contribution in [0.2, 0.25) is 5.02 Å². The number of pyridine rings is 1. The van der Waals surface area contributed by atoms with Crippen molar-refractivity contribution in [3.05, 3.63) is 34.1 Å². The van der Waals surface area contributed by atoms with E-state index in [1.54, 1.807) is 0 Å². The monoisotopic (exact) mass is 305 g/mol. The van der Waals surface area contributed by atoms with Crippen LogP contribution < -0.4 is 0 Å². The quantitative estimate of drug-likeness (QED) is 0.626. The molecule has 2 rings (SSSR count). The number of aliphatic hydroxyl groups is 1. The molecule has 1 saturated carbocycles. The Morgan fingerprint density at radius 3 is 2.50 bits per heavy atom. The molecule has 0 spiro atoms. The lowest BCUT2D eigenvalue weighted by molar-refractivity contribution is -0.137. The van der Waals surface area contributed by atoms with Crippen molar-refractivity contribution in [2.75, 3.05) is 0 Å². The van der Waals surface area contributed by atoms with Crippen LogP contribution in [0.15, 0.2) is 17.8 Å². The molecule has 0 saturated heterocycles. The highest BCUT2D eigenvalue weighted by Gasteiger charge is 2.32. The Morgan fingerprint density at radius 2 is 1.95 bits per heavy atom. The Kier molecular flexibility index (Phi) is 4.04. The zero-order valence-corrected chi connectivity index (χ0v) is 11.1. The number of carbonyl (C=O) groups is 1. The number of carbonyl (C=O) groups excluding carboxylic acids is 1. The van der Waals surface area contributed by atoms with Crippen LogP contribution in [-0.4, -0.2) is 15.9 Å². The van der Waals surface area contributed by atoms with E-state index >= 15 is 0 Å². The van der Waals surface area contributed by atoms with Crippen LogP contribution in [0.4, 0.5) is 13.2 Å². The molecule has 0 atom stereocenters. The second kappa shape index (κ2) is 5.44. The third kappa shape index (κ3) is 2.95. The molecule has 0 aromatic carbocycles. The van der Waals surface area contributed by atoms with Crippen LogP contribution in [0, 0.1) is 0 Å². The summed E-state index contributed by atoms with van der Waals surface area (Å²) in [6, 6.07) is 0.688. The molecule has 3 nitrogen and oxygen atoms in total. The molecule has 0 radical (unpaired) electrons. The first-order valence-electron chi connectivity index (χ1n) is 5.99. The fourth-order valence-electron chi connectivity index (χ4n) is 2.04. The smallest absolute Gasteiger partial charge is 0.417 e. The summed E-state index contributed by atoms with van der Waals surface area (Å²) in [6.45, 7) is 0. The summed E-state index contributed by atoms with van der Waals surface area (Å²) in [7, 11) is 0. The molecule has 1 aromatic rings. The van der Waals surface area contributed by atoms with Gasteiger partial charge in [-0.2, -0.15) is 13.2 Å². The van der Waals surface area contributed by atoms with Gasteiger partial charge < -0.3 is 5.11 Å². The number of ketones is 1. The molecule has 1 aromatic heterocycles. The number of nitrogens with zero attached hydrogens (tertiary/aromatic N) is 1. The Labute approximate surface area is 118 Å².